The van der Waals surface area contributed by atoms with Gasteiger partial charge in [0.15, 0.2) is 0 Å². The quantitative estimate of drug-likeness (QED) is 0.868. The van der Waals surface area contributed by atoms with E-state index in [1.54, 1.807) is 13.0 Å². The number of rotatable bonds is 3. The van der Waals surface area contributed by atoms with Gasteiger partial charge >= 0.3 is 0 Å². The topological polar surface area (TPSA) is 12.0 Å². The molecule has 18 heavy (non-hydrogen) atoms. The van der Waals surface area contributed by atoms with Gasteiger partial charge in [-0.1, -0.05) is 6.07 Å². The van der Waals surface area contributed by atoms with Gasteiger partial charge in [-0.15, -0.1) is 0 Å². The highest BCUT2D eigenvalue weighted by atomic mass is 19.1. The van der Waals surface area contributed by atoms with Gasteiger partial charge in [0.1, 0.15) is 17.5 Å². The highest BCUT2D eigenvalue weighted by molar-refractivity contribution is 5.50. The second kappa shape index (κ2) is 5.12. The first kappa shape index (κ1) is 12.5. The van der Waals surface area contributed by atoms with Crippen LogP contribution >= 0.6 is 0 Å². The fourth-order valence-corrected chi connectivity index (χ4v) is 1.68. The predicted octanol–water partition coefficient (Wildman–Crippen LogP) is 4.02. The number of halogens is 3. The fourth-order valence-electron chi connectivity index (χ4n) is 1.68. The zero-order valence-electron chi connectivity index (χ0n) is 9.81. The summed E-state index contributed by atoms with van der Waals surface area (Å²) in [5.74, 6) is -1.51. The van der Waals surface area contributed by atoms with E-state index in [-0.39, 0.29) is 12.4 Å². The van der Waals surface area contributed by atoms with Crippen molar-refractivity contribution in [2.24, 2.45) is 0 Å². The lowest BCUT2D eigenvalue weighted by atomic mass is 10.1. The molecule has 1 nitrogen and oxygen atoms in total. The fraction of sp³-hybridized carbons (Fsp3) is 0.143. The third kappa shape index (κ3) is 2.83. The summed E-state index contributed by atoms with van der Waals surface area (Å²) in [6, 6.07) is 7.74. The zero-order chi connectivity index (χ0) is 13.1. The lowest BCUT2D eigenvalue weighted by Crippen LogP contribution is -2.03. The molecule has 0 saturated carbocycles. The Bertz CT molecular complexity index is 515. The Balaban J connectivity index is 2.11. The highest BCUT2D eigenvalue weighted by Crippen LogP contribution is 2.17. The van der Waals surface area contributed by atoms with Gasteiger partial charge in [0.2, 0.25) is 0 Å². The Morgan fingerprint density at radius 3 is 2.28 bits per heavy atom. The van der Waals surface area contributed by atoms with E-state index in [0.29, 0.717) is 5.56 Å². The van der Waals surface area contributed by atoms with Crippen LogP contribution in [0, 0.1) is 24.4 Å². The maximum absolute atomic E-state index is 13.4. The molecule has 0 aliphatic heterocycles. The molecule has 0 heterocycles. The normalized spacial score (nSPS) is 10.4. The molecule has 2 aromatic rings. The third-order valence-corrected chi connectivity index (χ3v) is 2.67. The summed E-state index contributed by atoms with van der Waals surface area (Å²) < 4.78 is 39.0. The van der Waals surface area contributed by atoms with E-state index in [1.807, 2.05) is 0 Å². The van der Waals surface area contributed by atoms with Crippen molar-refractivity contribution < 1.29 is 13.2 Å². The number of anilines is 1. The second-order valence-electron chi connectivity index (χ2n) is 4.05. The molecule has 0 fully saturated rings. The largest absolute Gasteiger partial charge is 0.381 e. The van der Waals surface area contributed by atoms with Gasteiger partial charge in [0, 0.05) is 23.9 Å². The van der Waals surface area contributed by atoms with Crippen molar-refractivity contribution in [1.29, 1.82) is 0 Å². The molecule has 1 N–H and O–H groups in total. The van der Waals surface area contributed by atoms with E-state index in [9.17, 15) is 13.2 Å². The number of hydrogen-bond donors (Lipinski definition) is 1. The molecule has 0 atom stereocenters. The molecule has 4 heteroatoms. The van der Waals surface area contributed by atoms with Crippen molar-refractivity contribution in [2.45, 2.75) is 13.5 Å². The van der Waals surface area contributed by atoms with Crippen molar-refractivity contribution in [3.8, 4) is 0 Å². The summed E-state index contributed by atoms with van der Waals surface area (Å²) in [5, 5.41) is 2.99. The molecule has 0 spiro atoms. The lowest BCUT2D eigenvalue weighted by Gasteiger charge is -2.10. The first-order valence-corrected chi connectivity index (χ1v) is 5.50. The van der Waals surface area contributed by atoms with E-state index in [2.05, 4.69) is 5.32 Å². The molecule has 0 aliphatic rings. The Morgan fingerprint density at radius 1 is 0.944 bits per heavy atom. The zero-order valence-corrected chi connectivity index (χ0v) is 9.81. The Hall–Kier alpha value is -1.97. The number of hydrogen-bond acceptors (Lipinski definition) is 1. The molecule has 0 bridgehead atoms. The van der Waals surface area contributed by atoms with Crippen LogP contribution in [-0.2, 0) is 6.54 Å². The number of aryl methyl sites for hydroxylation is 1. The van der Waals surface area contributed by atoms with Gasteiger partial charge in [-0.25, -0.2) is 13.2 Å². The van der Waals surface area contributed by atoms with Crippen LogP contribution in [0.5, 0.6) is 0 Å². The average molecular weight is 251 g/mol. The molecule has 0 saturated heterocycles. The van der Waals surface area contributed by atoms with Crippen LogP contribution in [-0.4, -0.2) is 0 Å². The van der Waals surface area contributed by atoms with Crippen molar-refractivity contribution in [1.82, 2.24) is 0 Å². The second-order valence-corrected chi connectivity index (χ2v) is 4.05. The Kier molecular flexibility index (Phi) is 3.55. The Morgan fingerprint density at radius 2 is 1.61 bits per heavy atom. The van der Waals surface area contributed by atoms with Gasteiger partial charge in [0.25, 0.3) is 0 Å². The monoisotopic (exact) mass is 251 g/mol. The van der Waals surface area contributed by atoms with Crippen molar-refractivity contribution >= 4 is 5.69 Å². The minimum atomic E-state index is -0.603. The van der Waals surface area contributed by atoms with E-state index >= 15 is 0 Å². The smallest absolute Gasteiger partial charge is 0.131 e. The molecule has 0 amide bonds. The molecule has 0 aromatic heterocycles. The van der Waals surface area contributed by atoms with Crippen LogP contribution in [0.25, 0.3) is 0 Å². The summed E-state index contributed by atoms with van der Waals surface area (Å²) in [7, 11) is 0. The molecular weight excluding hydrogens is 239 g/mol. The van der Waals surface area contributed by atoms with Crippen LogP contribution < -0.4 is 5.32 Å². The average Bonchev–Trinajstić information content (AvgIpc) is 2.30. The molecule has 0 aliphatic carbocycles. The van der Waals surface area contributed by atoms with Gasteiger partial charge in [-0.3, -0.25) is 0 Å². The van der Waals surface area contributed by atoms with Gasteiger partial charge in [0.05, 0.1) is 0 Å². The Labute approximate surface area is 103 Å². The van der Waals surface area contributed by atoms with Crippen molar-refractivity contribution in [3.05, 3.63) is 65.0 Å². The summed E-state index contributed by atoms with van der Waals surface area (Å²) in [6.45, 7) is 1.98. The molecule has 0 radical (unpaired) electrons. The molecule has 0 unspecified atom stereocenters. The molecule has 2 aromatic carbocycles. The predicted molar refractivity (Wildman–Crippen MR) is 64.8 cm³/mol. The summed E-state index contributed by atoms with van der Waals surface area (Å²) >= 11 is 0. The van der Waals surface area contributed by atoms with Gasteiger partial charge in [-0.2, -0.15) is 0 Å². The van der Waals surface area contributed by atoms with Crippen molar-refractivity contribution in [2.75, 3.05) is 5.32 Å². The number of benzene rings is 2. The summed E-state index contributed by atoms with van der Waals surface area (Å²) in [5.41, 5.74) is 1.82. The van der Waals surface area contributed by atoms with Crippen LogP contribution in [0.15, 0.2) is 36.4 Å². The van der Waals surface area contributed by atoms with Crippen LogP contribution in [0.1, 0.15) is 11.1 Å². The van der Waals surface area contributed by atoms with E-state index in [4.69, 9.17) is 0 Å². The molecule has 94 valence electrons. The maximum Gasteiger partial charge on any atom is 0.131 e. The van der Waals surface area contributed by atoms with Gasteiger partial charge < -0.3 is 5.32 Å². The third-order valence-electron chi connectivity index (χ3n) is 2.67. The van der Waals surface area contributed by atoms with E-state index in [0.717, 1.165) is 17.3 Å². The molecular formula is C14H12F3N. The van der Waals surface area contributed by atoms with Crippen LogP contribution in [0.4, 0.5) is 18.9 Å². The first-order valence-electron chi connectivity index (χ1n) is 5.50. The lowest BCUT2D eigenvalue weighted by molar-refractivity contribution is 0.574. The van der Waals surface area contributed by atoms with Crippen LogP contribution in [0.3, 0.4) is 0 Å². The SMILES string of the molecule is Cc1cc(F)ccc1NCc1ccc(F)cc1F. The summed E-state index contributed by atoms with van der Waals surface area (Å²) in [4.78, 5) is 0. The van der Waals surface area contributed by atoms with Crippen LogP contribution in [0.2, 0.25) is 0 Å². The summed E-state index contributed by atoms with van der Waals surface area (Å²) in [6.07, 6.45) is 0. The van der Waals surface area contributed by atoms with Crippen molar-refractivity contribution in [3.63, 3.8) is 0 Å². The molecule has 2 rings (SSSR count). The maximum atomic E-state index is 13.4. The van der Waals surface area contributed by atoms with E-state index < -0.39 is 11.6 Å². The minimum absolute atomic E-state index is 0.221. The van der Waals surface area contributed by atoms with Gasteiger partial charge in [-0.05, 0) is 36.8 Å². The first-order chi connectivity index (χ1) is 8.56. The highest BCUT2D eigenvalue weighted by Gasteiger charge is 2.05. The standard InChI is InChI=1S/C14H12F3N/c1-9-6-11(15)4-5-14(9)18-8-10-2-3-12(16)7-13(10)17/h2-7,18H,8H2,1H3. The minimum Gasteiger partial charge on any atom is -0.381 e. The van der Waals surface area contributed by atoms with E-state index in [1.165, 1.54) is 24.3 Å². The number of nitrogens with one attached hydrogen (secondary N) is 1.